The number of carbonyl (C=O) groups excluding carboxylic acids is 1. The Labute approximate surface area is 144 Å². The Morgan fingerprint density at radius 3 is 2.80 bits per heavy atom. The van der Waals surface area contributed by atoms with Gasteiger partial charge < -0.3 is 18.9 Å². The molecule has 6 heteroatoms. The molecule has 2 aliphatic heterocycles. The Hall–Kier alpha value is -3.28. The quantitative estimate of drug-likeness (QED) is 0.619. The summed E-state index contributed by atoms with van der Waals surface area (Å²) < 4.78 is 21.4. The van der Waals surface area contributed by atoms with Gasteiger partial charge in [-0.25, -0.2) is 9.79 Å². The average Bonchev–Trinajstić information content (AvgIpc) is 3.22. The highest BCUT2D eigenvalue weighted by Gasteiger charge is 2.23. The van der Waals surface area contributed by atoms with Crippen LogP contribution in [0.25, 0.3) is 6.08 Å². The number of rotatable bonds is 5. The first kappa shape index (κ1) is 15.3. The van der Waals surface area contributed by atoms with Gasteiger partial charge in [0.1, 0.15) is 5.75 Å². The molecular formula is C19H15NO5. The first-order valence-corrected chi connectivity index (χ1v) is 7.87. The summed E-state index contributed by atoms with van der Waals surface area (Å²) in [7, 11) is 0. The number of ether oxygens (including phenoxy) is 4. The van der Waals surface area contributed by atoms with E-state index < -0.39 is 5.97 Å². The molecule has 0 bridgehead atoms. The van der Waals surface area contributed by atoms with Gasteiger partial charge >= 0.3 is 5.97 Å². The second-order valence-corrected chi connectivity index (χ2v) is 5.45. The maximum absolute atomic E-state index is 12.0. The number of hydrogen-bond acceptors (Lipinski definition) is 6. The zero-order valence-corrected chi connectivity index (χ0v) is 13.3. The highest BCUT2D eigenvalue weighted by Crippen LogP contribution is 2.33. The van der Waals surface area contributed by atoms with E-state index in [0.717, 1.165) is 11.3 Å². The number of fused-ring (bicyclic) bond motifs is 1. The molecule has 0 aromatic heterocycles. The molecule has 4 rings (SSSR count). The van der Waals surface area contributed by atoms with Gasteiger partial charge in [-0.05, 0) is 35.9 Å². The SMILES string of the molecule is O=C1OC(CCOc2ccccc2)=N/C1=C/c1ccc2c(c1)OCO2. The molecule has 0 unspecified atom stereocenters. The lowest BCUT2D eigenvalue weighted by molar-refractivity contribution is -0.130. The minimum atomic E-state index is -0.465. The maximum atomic E-state index is 12.0. The van der Waals surface area contributed by atoms with Gasteiger partial charge in [0, 0.05) is 0 Å². The van der Waals surface area contributed by atoms with E-state index in [1.807, 2.05) is 36.4 Å². The third kappa shape index (κ3) is 3.47. The molecule has 2 aromatic rings. The number of para-hydroxylation sites is 1. The lowest BCUT2D eigenvalue weighted by atomic mass is 10.1. The van der Waals surface area contributed by atoms with Crippen molar-refractivity contribution in [2.45, 2.75) is 6.42 Å². The van der Waals surface area contributed by atoms with Gasteiger partial charge in [0.05, 0.1) is 13.0 Å². The van der Waals surface area contributed by atoms with E-state index in [1.54, 1.807) is 18.2 Å². The van der Waals surface area contributed by atoms with Crippen LogP contribution in [0.3, 0.4) is 0 Å². The molecule has 6 nitrogen and oxygen atoms in total. The normalized spacial score (nSPS) is 16.7. The Morgan fingerprint density at radius 2 is 1.92 bits per heavy atom. The lowest BCUT2D eigenvalue weighted by Gasteiger charge is -2.04. The van der Waals surface area contributed by atoms with Gasteiger partial charge in [-0.2, -0.15) is 0 Å². The van der Waals surface area contributed by atoms with E-state index in [9.17, 15) is 4.79 Å². The van der Waals surface area contributed by atoms with Crippen LogP contribution in [-0.4, -0.2) is 25.3 Å². The van der Waals surface area contributed by atoms with E-state index >= 15 is 0 Å². The fourth-order valence-electron chi connectivity index (χ4n) is 2.49. The van der Waals surface area contributed by atoms with Crippen molar-refractivity contribution < 1.29 is 23.7 Å². The van der Waals surface area contributed by atoms with Gasteiger partial charge in [0.2, 0.25) is 12.7 Å². The van der Waals surface area contributed by atoms with Crippen molar-refractivity contribution in [2.24, 2.45) is 4.99 Å². The van der Waals surface area contributed by atoms with Crippen molar-refractivity contribution in [3.63, 3.8) is 0 Å². The van der Waals surface area contributed by atoms with Gasteiger partial charge in [0.15, 0.2) is 17.2 Å². The van der Waals surface area contributed by atoms with Crippen LogP contribution in [0.15, 0.2) is 59.2 Å². The minimum Gasteiger partial charge on any atom is -0.493 e. The first-order chi connectivity index (χ1) is 12.3. The summed E-state index contributed by atoms with van der Waals surface area (Å²) in [4.78, 5) is 16.2. The van der Waals surface area contributed by atoms with Crippen LogP contribution in [0.2, 0.25) is 0 Å². The number of hydrogen-bond donors (Lipinski definition) is 0. The standard InChI is InChI=1S/C19H15NO5/c21-19-15(10-13-6-7-16-17(11-13)24-12-23-16)20-18(25-19)8-9-22-14-4-2-1-3-5-14/h1-7,10-11H,8-9,12H2/b15-10+. The molecule has 0 fully saturated rings. The van der Waals surface area contributed by atoms with E-state index in [-0.39, 0.29) is 12.5 Å². The van der Waals surface area contributed by atoms with Crippen molar-refractivity contribution in [1.29, 1.82) is 0 Å². The van der Waals surface area contributed by atoms with Crippen LogP contribution in [0, 0.1) is 0 Å². The van der Waals surface area contributed by atoms with Crippen LogP contribution in [0.5, 0.6) is 17.2 Å². The first-order valence-electron chi connectivity index (χ1n) is 7.87. The van der Waals surface area contributed by atoms with Gasteiger partial charge in [-0.1, -0.05) is 24.3 Å². The molecule has 0 saturated heterocycles. The molecule has 0 spiro atoms. The van der Waals surface area contributed by atoms with Crippen LogP contribution >= 0.6 is 0 Å². The van der Waals surface area contributed by atoms with Gasteiger partial charge in [0.25, 0.3) is 0 Å². The highest BCUT2D eigenvalue weighted by molar-refractivity contribution is 6.07. The molecule has 25 heavy (non-hydrogen) atoms. The van der Waals surface area contributed by atoms with Gasteiger partial charge in [-0.15, -0.1) is 0 Å². The maximum Gasteiger partial charge on any atom is 0.363 e. The number of carbonyl (C=O) groups is 1. The molecule has 0 aliphatic carbocycles. The summed E-state index contributed by atoms with van der Waals surface area (Å²) in [5, 5.41) is 0. The fraction of sp³-hybridized carbons (Fsp3) is 0.158. The van der Waals surface area contributed by atoms with Gasteiger partial charge in [-0.3, -0.25) is 0 Å². The zero-order chi connectivity index (χ0) is 17.1. The number of aliphatic imine (C=N–C) groups is 1. The summed E-state index contributed by atoms with van der Waals surface area (Å²) in [6, 6.07) is 14.9. The number of nitrogens with zero attached hydrogens (tertiary/aromatic N) is 1. The molecule has 2 aliphatic rings. The molecular weight excluding hydrogens is 322 g/mol. The summed E-state index contributed by atoms with van der Waals surface area (Å²) in [5.41, 5.74) is 1.05. The summed E-state index contributed by atoms with van der Waals surface area (Å²) >= 11 is 0. The fourth-order valence-corrected chi connectivity index (χ4v) is 2.49. The zero-order valence-electron chi connectivity index (χ0n) is 13.3. The summed E-state index contributed by atoms with van der Waals surface area (Å²) in [5.74, 6) is 2.00. The smallest absolute Gasteiger partial charge is 0.363 e. The summed E-state index contributed by atoms with van der Waals surface area (Å²) in [6.07, 6.45) is 2.08. The van der Waals surface area contributed by atoms with E-state index in [2.05, 4.69) is 4.99 Å². The molecule has 0 N–H and O–H groups in total. The number of cyclic esters (lactones) is 1. The average molecular weight is 337 g/mol. The minimum absolute atomic E-state index is 0.209. The van der Waals surface area contributed by atoms with Crippen LogP contribution in [0.4, 0.5) is 0 Å². The predicted molar refractivity (Wildman–Crippen MR) is 90.6 cm³/mol. The Balaban J connectivity index is 1.41. The lowest BCUT2D eigenvalue weighted by Crippen LogP contribution is -2.08. The van der Waals surface area contributed by atoms with Crippen LogP contribution in [-0.2, 0) is 9.53 Å². The second-order valence-electron chi connectivity index (χ2n) is 5.45. The van der Waals surface area contributed by atoms with E-state index in [0.29, 0.717) is 30.4 Å². The Kier molecular flexibility index (Phi) is 4.08. The molecule has 0 atom stereocenters. The monoisotopic (exact) mass is 337 g/mol. The Bertz CT molecular complexity index is 857. The largest absolute Gasteiger partial charge is 0.493 e. The van der Waals surface area contributed by atoms with E-state index in [1.165, 1.54) is 0 Å². The van der Waals surface area contributed by atoms with Crippen molar-refractivity contribution in [3.8, 4) is 17.2 Å². The molecule has 2 aromatic carbocycles. The molecule has 0 radical (unpaired) electrons. The van der Waals surface area contributed by atoms with Crippen molar-refractivity contribution in [3.05, 3.63) is 59.8 Å². The third-order valence-electron chi connectivity index (χ3n) is 3.69. The van der Waals surface area contributed by atoms with E-state index in [4.69, 9.17) is 18.9 Å². The van der Waals surface area contributed by atoms with Crippen molar-refractivity contribution in [1.82, 2.24) is 0 Å². The number of esters is 1. The molecule has 0 amide bonds. The number of benzene rings is 2. The second kappa shape index (κ2) is 6.68. The Morgan fingerprint density at radius 1 is 1.08 bits per heavy atom. The summed E-state index contributed by atoms with van der Waals surface area (Å²) in [6.45, 7) is 0.592. The molecule has 2 heterocycles. The molecule has 126 valence electrons. The van der Waals surface area contributed by atoms with Crippen molar-refractivity contribution in [2.75, 3.05) is 13.4 Å². The predicted octanol–water partition coefficient (Wildman–Crippen LogP) is 3.18. The topological polar surface area (TPSA) is 66.4 Å². The highest BCUT2D eigenvalue weighted by atomic mass is 16.7. The third-order valence-corrected chi connectivity index (χ3v) is 3.69. The van der Waals surface area contributed by atoms with Crippen molar-refractivity contribution >= 4 is 17.9 Å². The van der Waals surface area contributed by atoms with Crippen LogP contribution < -0.4 is 14.2 Å². The molecule has 0 saturated carbocycles. The van der Waals surface area contributed by atoms with Crippen LogP contribution in [0.1, 0.15) is 12.0 Å².